The molecule has 2 aromatic carbocycles. The third-order valence-electron chi connectivity index (χ3n) is 5.39. The van der Waals surface area contributed by atoms with Crippen LogP contribution in [0.3, 0.4) is 0 Å². The summed E-state index contributed by atoms with van der Waals surface area (Å²) in [6, 6.07) is 17.3. The second-order valence-electron chi connectivity index (χ2n) is 7.22. The molecule has 132 valence electrons. The second kappa shape index (κ2) is 6.24. The number of anilines is 3. The van der Waals surface area contributed by atoms with E-state index in [4.69, 9.17) is 9.15 Å². The van der Waals surface area contributed by atoms with Gasteiger partial charge in [-0.15, -0.1) is 0 Å². The van der Waals surface area contributed by atoms with Crippen molar-refractivity contribution in [1.82, 2.24) is 0 Å². The molecule has 0 saturated carbocycles. The Bertz CT molecular complexity index is 957. The van der Waals surface area contributed by atoms with Crippen LogP contribution in [0.15, 0.2) is 52.9 Å². The van der Waals surface area contributed by atoms with Gasteiger partial charge in [0.1, 0.15) is 11.5 Å². The van der Waals surface area contributed by atoms with Crippen molar-refractivity contribution < 1.29 is 9.15 Å². The number of furan rings is 1. The Kier molecular flexibility index (Phi) is 3.74. The number of benzene rings is 2. The number of hydrogen-bond acceptors (Lipinski definition) is 3. The third kappa shape index (κ3) is 2.50. The van der Waals surface area contributed by atoms with E-state index in [1.54, 1.807) is 0 Å². The molecule has 3 heteroatoms. The molecular weight excluding hydrogens is 322 g/mol. The van der Waals surface area contributed by atoms with E-state index in [9.17, 15) is 0 Å². The van der Waals surface area contributed by atoms with E-state index in [-0.39, 0.29) is 0 Å². The van der Waals surface area contributed by atoms with Crippen molar-refractivity contribution in [3.8, 4) is 5.75 Å². The lowest BCUT2D eigenvalue weighted by Gasteiger charge is -2.31. The Hall–Kier alpha value is -2.68. The third-order valence-corrected chi connectivity index (χ3v) is 5.39. The first-order chi connectivity index (χ1) is 12.8. The molecular formula is C23H23NO2. The lowest BCUT2D eigenvalue weighted by Crippen LogP contribution is -2.18. The van der Waals surface area contributed by atoms with Gasteiger partial charge < -0.3 is 9.15 Å². The topological polar surface area (TPSA) is 25.6 Å². The number of para-hydroxylation sites is 2. The number of aryl methyl sites for hydroxylation is 4. The maximum atomic E-state index is 6.23. The minimum absolute atomic E-state index is 0.781. The first kappa shape index (κ1) is 15.6. The summed E-state index contributed by atoms with van der Waals surface area (Å²) < 4.78 is 12.4. The zero-order valence-electron chi connectivity index (χ0n) is 15.1. The monoisotopic (exact) mass is 345 g/mol. The Morgan fingerprint density at radius 3 is 2.54 bits per heavy atom. The maximum Gasteiger partial charge on any atom is 0.207 e. The van der Waals surface area contributed by atoms with Crippen LogP contribution in [0, 0.1) is 6.92 Å². The van der Waals surface area contributed by atoms with Gasteiger partial charge in [0, 0.05) is 5.56 Å². The van der Waals surface area contributed by atoms with Crippen molar-refractivity contribution >= 4 is 17.3 Å². The highest BCUT2D eigenvalue weighted by Gasteiger charge is 2.28. The van der Waals surface area contributed by atoms with Crippen molar-refractivity contribution in [2.75, 3.05) is 11.5 Å². The van der Waals surface area contributed by atoms with Crippen LogP contribution in [-0.2, 0) is 19.3 Å². The number of hydrogen-bond donors (Lipinski definition) is 0. The van der Waals surface area contributed by atoms with Crippen LogP contribution < -0.4 is 9.64 Å². The summed E-state index contributed by atoms with van der Waals surface area (Å²) in [7, 11) is 0. The fourth-order valence-electron chi connectivity index (χ4n) is 4.23. The van der Waals surface area contributed by atoms with E-state index in [1.165, 1.54) is 22.4 Å². The van der Waals surface area contributed by atoms with Gasteiger partial charge in [0.15, 0.2) is 0 Å². The molecule has 3 nitrogen and oxygen atoms in total. The predicted octanol–water partition coefficient (Wildman–Crippen LogP) is 5.87. The largest absolute Gasteiger partial charge is 0.491 e. The Morgan fingerprint density at radius 2 is 1.58 bits per heavy atom. The molecule has 0 N–H and O–H groups in total. The summed E-state index contributed by atoms with van der Waals surface area (Å²) in [5.41, 5.74) is 6.22. The summed E-state index contributed by atoms with van der Waals surface area (Å²) in [5.74, 6) is 2.91. The zero-order chi connectivity index (χ0) is 17.5. The van der Waals surface area contributed by atoms with E-state index in [0.29, 0.717) is 0 Å². The fraction of sp³-hybridized carbons (Fsp3) is 0.304. The highest BCUT2D eigenvalue weighted by atomic mass is 16.5. The summed E-state index contributed by atoms with van der Waals surface area (Å²) >= 11 is 0. The number of ether oxygens (including phenoxy) is 1. The highest BCUT2D eigenvalue weighted by Crippen LogP contribution is 2.47. The minimum Gasteiger partial charge on any atom is -0.491 e. The molecule has 3 aromatic rings. The molecule has 0 atom stereocenters. The zero-order valence-corrected chi connectivity index (χ0v) is 15.1. The molecule has 0 bridgehead atoms. The molecule has 26 heavy (non-hydrogen) atoms. The number of fused-ring (bicyclic) bond motifs is 3. The number of rotatable bonds is 1. The van der Waals surface area contributed by atoms with Gasteiger partial charge in [0.05, 0.1) is 18.0 Å². The molecule has 0 unspecified atom stereocenters. The summed E-state index contributed by atoms with van der Waals surface area (Å²) in [5, 5.41) is 0. The molecule has 0 fully saturated rings. The molecule has 0 saturated heterocycles. The minimum atomic E-state index is 0.781. The molecule has 5 rings (SSSR count). The molecule has 2 aliphatic rings. The first-order valence-corrected chi connectivity index (χ1v) is 9.53. The van der Waals surface area contributed by atoms with Crippen LogP contribution in [0.1, 0.15) is 35.3 Å². The molecule has 0 spiro atoms. The van der Waals surface area contributed by atoms with Crippen molar-refractivity contribution in [3.63, 3.8) is 0 Å². The van der Waals surface area contributed by atoms with E-state index in [1.807, 2.05) is 6.92 Å². The van der Waals surface area contributed by atoms with Crippen molar-refractivity contribution in [3.05, 3.63) is 71.0 Å². The predicted molar refractivity (Wildman–Crippen MR) is 104 cm³/mol. The van der Waals surface area contributed by atoms with Gasteiger partial charge in [-0.1, -0.05) is 30.3 Å². The van der Waals surface area contributed by atoms with Crippen LogP contribution in [0.25, 0.3) is 0 Å². The van der Waals surface area contributed by atoms with Crippen molar-refractivity contribution in [1.29, 1.82) is 0 Å². The quantitative estimate of drug-likeness (QED) is 0.551. The maximum absolute atomic E-state index is 6.23. The molecule has 0 aliphatic carbocycles. The molecule has 1 aromatic heterocycles. The Balaban J connectivity index is 1.78. The van der Waals surface area contributed by atoms with Gasteiger partial charge in [-0.2, -0.15) is 0 Å². The van der Waals surface area contributed by atoms with Crippen LogP contribution in [0.2, 0.25) is 0 Å². The van der Waals surface area contributed by atoms with Crippen molar-refractivity contribution in [2.45, 2.75) is 39.0 Å². The molecule has 3 heterocycles. The second-order valence-corrected chi connectivity index (χ2v) is 7.22. The van der Waals surface area contributed by atoms with Gasteiger partial charge in [-0.25, -0.2) is 0 Å². The normalized spacial score (nSPS) is 16.0. The smallest absolute Gasteiger partial charge is 0.207 e. The lowest BCUT2D eigenvalue weighted by atomic mass is 9.98. The molecule has 2 aliphatic heterocycles. The number of nitrogens with zero attached hydrogens (tertiary/aromatic N) is 1. The van der Waals surface area contributed by atoms with Gasteiger partial charge in [0.25, 0.3) is 0 Å². The summed E-state index contributed by atoms with van der Waals surface area (Å²) in [6.07, 6.45) is 5.40. The Morgan fingerprint density at radius 1 is 0.808 bits per heavy atom. The van der Waals surface area contributed by atoms with Crippen LogP contribution >= 0.6 is 0 Å². The lowest BCUT2D eigenvalue weighted by molar-refractivity contribution is 0.289. The Labute approximate surface area is 154 Å². The van der Waals surface area contributed by atoms with Crippen LogP contribution in [0.4, 0.5) is 17.3 Å². The van der Waals surface area contributed by atoms with Gasteiger partial charge in [-0.05, 0) is 68.4 Å². The summed E-state index contributed by atoms with van der Waals surface area (Å²) in [6.45, 7) is 2.81. The molecule has 0 radical (unpaired) electrons. The van der Waals surface area contributed by atoms with Crippen LogP contribution in [0.5, 0.6) is 5.75 Å². The molecule has 0 amide bonds. The van der Waals surface area contributed by atoms with Gasteiger partial charge in [0.2, 0.25) is 5.88 Å². The van der Waals surface area contributed by atoms with E-state index >= 15 is 0 Å². The van der Waals surface area contributed by atoms with E-state index in [2.05, 4.69) is 53.4 Å². The summed E-state index contributed by atoms with van der Waals surface area (Å²) in [4.78, 5) is 2.28. The van der Waals surface area contributed by atoms with E-state index in [0.717, 1.165) is 61.8 Å². The standard InChI is InChI=1S/C23H23NO2/c1-16-15-19-10-4-8-17-7-2-3-12-20(17)24(23(19)26-16)21-13-5-9-18-11-6-14-25-22(18)21/h2-3,5,7,9,12-13,15H,4,6,8,10-11,14H2,1H3. The van der Waals surface area contributed by atoms with Gasteiger partial charge in [-0.3, -0.25) is 4.90 Å². The fourth-order valence-corrected chi connectivity index (χ4v) is 4.23. The average Bonchev–Trinajstić information content (AvgIpc) is 3.02. The average molecular weight is 345 g/mol. The highest BCUT2D eigenvalue weighted by molar-refractivity contribution is 5.82. The SMILES string of the molecule is Cc1cc2c(o1)N(c1cccc3c1OCCC3)c1ccccc1CCC2. The van der Waals surface area contributed by atoms with Crippen molar-refractivity contribution in [2.24, 2.45) is 0 Å². The van der Waals surface area contributed by atoms with E-state index < -0.39 is 0 Å². The first-order valence-electron chi connectivity index (χ1n) is 9.53. The van der Waals surface area contributed by atoms with Gasteiger partial charge >= 0.3 is 0 Å². The van der Waals surface area contributed by atoms with Crippen LogP contribution in [-0.4, -0.2) is 6.61 Å².